The molecule has 0 amide bonds. The van der Waals surface area contributed by atoms with Crippen LogP contribution in [0, 0.1) is 5.41 Å². The van der Waals surface area contributed by atoms with Crippen LogP contribution in [-0.2, 0) is 0 Å². The molecular weight excluding hydrogens is 166 g/mol. The van der Waals surface area contributed by atoms with E-state index >= 15 is 0 Å². The van der Waals surface area contributed by atoms with Crippen LogP contribution in [0.1, 0.15) is 27.2 Å². The number of hydrogen-bond donors (Lipinski definition) is 2. The van der Waals surface area contributed by atoms with Gasteiger partial charge in [-0.3, -0.25) is 0 Å². The van der Waals surface area contributed by atoms with Gasteiger partial charge in [-0.25, -0.2) is 0 Å². The summed E-state index contributed by atoms with van der Waals surface area (Å²) in [5.41, 5.74) is -0.0381. The molecule has 0 aromatic rings. The Labute approximate surface area is 81.4 Å². The molecule has 0 aliphatic carbocycles. The van der Waals surface area contributed by atoms with Gasteiger partial charge in [0, 0.05) is 25.1 Å². The predicted molar refractivity (Wildman–Crippen MR) is 54.7 cm³/mol. The van der Waals surface area contributed by atoms with Crippen molar-refractivity contribution in [1.29, 1.82) is 0 Å². The Balaban J connectivity index is 3.94. The van der Waals surface area contributed by atoms with E-state index in [1.807, 2.05) is 7.05 Å². The zero-order chi connectivity index (χ0) is 10.5. The first-order valence-electron chi connectivity index (χ1n) is 4.91. The minimum absolute atomic E-state index is 0.0381. The molecular formula is C10H23NO2. The van der Waals surface area contributed by atoms with Gasteiger partial charge in [-0.15, -0.1) is 0 Å². The van der Waals surface area contributed by atoms with Crippen molar-refractivity contribution in [3.63, 3.8) is 0 Å². The minimum Gasteiger partial charge on any atom is -0.396 e. The van der Waals surface area contributed by atoms with E-state index in [0.717, 1.165) is 13.0 Å². The Morgan fingerprint density at radius 2 is 2.00 bits per heavy atom. The summed E-state index contributed by atoms with van der Waals surface area (Å²) in [7, 11) is 1.97. The molecule has 2 unspecified atom stereocenters. The van der Waals surface area contributed by atoms with Crippen LogP contribution in [0.4, 0.5) is 0 Å². The van der Waals surface area contributed by atoms with E-state index in [1.54, 1.807) is 6.92 Å². The molecule has 80 valence electrons. The Morgan fingerprint density at radius 3 is 2.31 bits per heavy atom. The summed E-state index contributed by atoms with van der Waals surface area (Å²) in [6.45, 7) is 7.60. The number of rotatable bonds is 6. The lowest BCUT2D eigenvalue weighted by atomic mass is 9.88. The van der Waals surface area contributed by atoms with Gasteiger partial charge in [0.25, 0.3) is 0 Å². The first kappa shape index (κ1) is 12.9. The van der Waals surface area contributed by atoms with Crippen molar-refractivity contribution < 1.29 is 10.2 Å². The largest absolute Gasteiger partial charge is 0.396 e. The summed E-state index contributed by atoms with van der Waals surface area (Å²) < 4.78 is 0. The molecule has 0 aliphatic rings. The van der Waals surface area contributed by atoms with E-state index in [2.05, 4.69) is 18.7 Å². The maximum atomic E-state index is 9.18. The third-order valence-electron chi connectivity index (χ3n) is 2.46. The summed E-state index contributed by atoms with van der Waals surface area (Å²) in [6.07, 6.45) is 0.651. The van der Waals surface area contributed by atoms with Crippen molar-refractivity contribution in [1.82, 2.24) is 4.90 Å². The summed E-state index contributed by atoms with van der Waals surface area (Å²) >= 11 is 0. The van der Waals surface area contributed by atoms with E-state index in [1.165, 1.54) is 0 Å². The van der Waals surface area contributed by atoms with Gasteiger partial charge in [-0.1, -0.05) is 13.8 Å². The van der Waals surface area contributed by atoms with Crippen molar-refractivity contribution >= 4 is 0 Å². The van der Waals surface area contributed by atoms with Crippen LogP contribution < -0.4 is 0 Å². The SMILES string of the molecule is CCC(C)(CO)CN(C)CC(C)O. The molecule has 0 rings (SSSR count). The van der Waals surface area contributed by atoms with Crippen LogP contribution in [-0.4, -0.2) is 48.0 Å². The van der Waals surface area contributed by atoms with E-state index < -0.39 is 0 Å². The molecule has 13 heavy (non-hydrogen) atoms. The van der Waals surface area contributed by atoms with E-state index in [4.69, 9.17) is 5.11 Å². The molecule has 2 atom stereocenters. The number of aliphatic hydroxyl groups excluding tert-OH is 2. The lowest BCUT2D eigenvalue weighted by Gasteiger charge is -2.31. The molecule has 0 aromatic heterocycles. The van der Waals surface area contributed by atoms with Crippen LogP contribution in [0.25, 0.3) is 0 Å². The maximum absolute atomic E-state index is 9.18. The second-order valence-corrected chi connectivity index (χ2v) is 4.37. The molecule has 0 saturated heterocycles. The number of aliphatic hydroxyl groups is 2. The Bertz CT molecular complexity index is 133. The molecule has 0 spiro atoms. The van der Waals surface area contributed by atoms with Gasteiger partial charge in [0.2, 0.25) is 0 Å². The molecule has 3 heteroatoms. The highest BCUT2D eigenvalue weighted by atomic mass is 16.3. The van der Waals surface area contributed by atoms with E-state index in [-0.39, 0.29) is 18.1 Å². The number of likely N-dealkylation sites (N-methyl/N-ethyl adjacent to an activating group) is 1. The summed E-state index contributed by atoms with van der Waals surface area (Å²) in [5.74, 6) is 0. The quantitative estimate of drug-likeness (QED) is 0.646. The van der Waals surface area contributed by atoms with Gasteiger partial charge in [0.05, 0.1) is 6.10 Å². The summed E-state index contributed by atoms with van der Waals surface area (Å²) in [4.78, 5) is 2.06. The van der Waals surface area contributed by atoms with Crippen LogP contribution in [0.15, 0.2) is 0 Å². The summed E-state index contributed by atoms with van der Waals surface area (Å²) in [5, 5.41) is 18.3. The maximum Gasteiger partial charge on any atom is 0.0638 e. The van der Waals surface area contributed by atoms with Gasteiger partial charge < -0.3 is 15.1 Å². The number of nitrogens with zero attached hydrogens (tertiary/aromatic N) is 1. The van der Waals surface area contributed by atoms with Gasteiger partial charge in [-0.2, -0.15) is 0 Å². The van der Waals surface area contributed by atoms with Gasteiger partial charge in [-0.05, 0) is 20.4 Å². The lowest BCUT2D eigenvalue weighted by Crippen LogP contribution is -2.38. The van der Waals surface area contributed by atoms with Crippen molar-refractivity contribution in [3.8, 4) is 0 Å². The lowest BCUT2D eigenvalue weighted by molar-refractivity contribution is 0.0708. The molecule has 0 saturated carbocycles. The third kappa shape index (κ3) is 5.24. The second kappa shape index (κ2) is 5.58. The van der Waals surface area contributed by atoms with Crippen molar-refractivity contribution in [2.75, 3.05) is 26.7 Å². The van der Waals surface area contributed by atoms with Crippen LogP contribution >= 0.6 is 0 Å². The predicted octanol–water partition coefficient (Wildman–Crippen LogP) is 0.708. The third-order valence-corrected chi connectivity index (χ3v) is 2.46. The molecule has 0 fully saturated rings. The molecule has 0 radical (unpaired) electrons. The Hall–Kier alpha value is -0.120. The fraction of sp³-hybridized carbons (Fsp3) is 1.00. The topological polar surface area (TPSA) is 43.7 Å². The Kier molecular flexibility index (Phi) is 5.53. The van der Waals surface area contributed by atoms with Crippen molar-refractivity contribution in [3.05, 3.63) is 0 Å². The van der Waals surface area contributed by atoms with Crippen LogP contribution in [0.3, 0.4) is 0 Å². The average Bonchev–Trinajstić information content (AvgIpc) is 2.02. The summed E-state index contributed by atoms with van der Waals surface area (Å²) in [6, 6.07) is 0. The highest BCUT2D eigenvalue weighted by Gasteiger charge is 2.23. The van der Waals surface area contributed by atoms with Gasteiger partial charge >= 0.3 is 0 Å². The minimum atomic E-state index is -0.301. The molecule has 0 heterocycles. The zero-order valence-electron chi connectivity index (χ0n) is 9.25. The molecule has 3 nitrogen and oxygen atoms in total. The fourth-order valence-electron chi connectivity index (χ4n) is 1.44. The highest BCUT2D eigenvalue weighted by molar-refractivity contribution is 4.75. The van der Waals surface area contributed by atoms with Gasteiger partial charge in [0.1, 0.15) is 0 Å². The Morgan fingerprint density at radius 1 is 1.46 bits per heavy atom. The first-order chi connectivity index (χ1) is 5.93. The van der Waals surface area contributed by atoms with E-state index in [9.17, 15) is 5.11 Å². The highest BCUT2D eigenvalue weighted by Crippen LogP contribution is 2.20. The zero-order valence-corrected chi connectivity index (χ0v) is 9.25. The van der Waals surface area contributed by atoms with E-state index in [0.29, 0.717) is 6.54 Å². The second-order valence-electron chi connectivity index (χ2n) is 4.37. The number of hydrogen-bond acceptors (Lipinski definition) is 3. The first-order valence-corrected chi connectivity index (χ1v) is 4.91. The van der Waals surface area contributed by atoms with Crippen molar-refractivity contribution in [2.45, 2.75) is 33.3 Å². The van der Waals surface area contributed by atoms with Crippen LogP contribution in [0.5, 0.6) is 0 Å². The molecule has 0 aromatic carbocycles. The van der Waals surface area contributed by atoms with Crippen LogP contribution in [0.2, 0.25) is 0 Å². The molecule has 2 N–H and O–H groups in total. The smallest absolute Gasteiger partial charge is 0.0638 e. The standard InChI is InChI=1S/C10H23NO2/c1-5-10(3,8-12)7-11(4)6-9(2)13/h9,12-13H,5-8H2,1-4H3. The average molecular weight is 189 g/mol. The van der Waals surface area contributed by atoms with Crippen molar-refractivity contribution in [2.24, 2.45) is 5.41 Å². The molecule has 0 aliphatic heterocycles. The monoisotopic (exact) mass is 189 g/mol. The fourth-order valence-corrected chi connectivity index (χ4v) is 1.44. The normalized spacial score (nSPS) is 18.7. The van der Waals surface area contributed by atoms with Gasteiger partial charge in [0.15, 0.2) is 0 Å². The molecule has 0 bridgehead atoms.